The summed E-state index contributed by atoms with van der Waals surface area (Å²) in [5.41, 5.74) is -0.259. The molecule has 1 rings (SSSR count). The molecule has 0 amide bonds. The highest BCUT2D eigenvalue weighted by Crippen LogP contribution is 2.29. The van der Waals surface area contributed by atoms with Crippen molar-refractivity contribution in [3.63, 3.8) is 0 Å². The highest BCUT2D eigenvalue weighted by molar-refractivity contribution is 9.09. The molecule has 0 spiro atoms. The quantitative estimate of drug-likeness (QED) is 0.571. The van der Waals surface area contributed by atoms with Crippen LogP contribution in [-0.4, -0.2) is 30.1 Å². The molecule has 0 aliphatic rings. The normalized spacial score (nSPS) is 11.1. The Kier molecular flexibility index (Phi) is 6.19. The summed E-state index contributed by atoms with van der Waals surface area (Å²) >= 11 is 2.92. The van der Waals surface area contributed by atoms with Gasteiger partial charge in [-0.05, 0) is 19.1 Å². The number of alkyl halides is 4. The lowest BCUT2D eigenvalue weighted by Gasteiger charge is -2.15. The van der Waals surface area contributed by atoms with Crippen LogP contribution in [-0.2, 0) is 16.0 Å². The molecule has 1 aromatic rings. The third-order valence-corrected chi connectivity index (χ3v) is 3.00. The molecule has 0 unspecified atom stereocenters. The number of hydrogen-bond donors (Lipinski definition) is 0. The third-order valence-electron chi connectivity index (χ3n) is 2.38. The van der Waals surface area contributed by atoms with Gasteiger partial charge < -0.3 is 9.47 Å². The Bertz CT molecular complexity index is 529. The minimum atomic E-state index is -4.92. The van der Waals surface area contributed by atoms with Crippen molar-refractivity contribution in [2.75, 3.05) is 11.9 Å². The van der Waals surface area contributed by atoms with E-state index in [1.54, 1.807) is 6.92 Å². The monoisotopic (exact) mass is 368 g/mol. The third kappa shape index (κ3) is 5.37. The van der Waals surface area contributed by atoms with E-state index in [0.717, 1.165) is 6.07 Å². The van der Waals surface area contributed by atoms with E-state index in [0.29, 0.717) is 0 Å². The molecule has 116 valence electrons. The standard InChI is InChI=1S/C13H12BrF3O4/c1-2-20-12(19)9-4-3-5-11(21-13(15,16)17)10(9)6-8(18)7-14/h3-5H,2,6-7H2,1H3. The summed E-state index contributed by atoms with van der Waals surface area (Å²) in [4.78, 5) is 23.3. The fourth-order valence-electron chi connectivity index (χ4n) is 1.61. The maximum absolute atomic E-state index is 12.4. The molecule has 8 heteroatoms. The predicted molar refractivity (Wildman–Crippen MR) is 71.6 cm³/mol. The van der Waals surface area contributed by atoms with E-state index in [4.69, 9.17) is 4.74 Å². The highest BCUT2D eigenvalue weighted by Gasteiger charge is 2.33. The number of carbonyl (C=O) groups excluding carboxylic acids is 2. The van der Waals surface area contributed by atoms with Crippen LogP contribution in [0.4, 0.5) is 13.2 Å². The van der Waals surface area contributed by atoms with Crippen molar-refractivity contribution in [3.05, 3.63) is 29.3 Å². The van der Waals surface area contributed by atoms with Gasteiger partial charge in [0.1, 0.15) is 11.5 Å². The molecule has 0 heterocycles. The van der Waals surface area contributed by atoms with Crippen molar-refractivity contribution in [2.24, 2.45) is 0 Å². The molecule has 0 bridgehead atoms. The molecular formula is C13H12BrF3O4. The van der Waals surface area contributed by atoms with Crippen LogP contribution >= 0.6 is 15.9 Å². The van der Waals surface area contributed by atoms with Crippen molar-refractivity contribution in [1.29, 1.82) is 0 Å². The summed E-state index contributed by atoms with van der Waals surface area (Å²) in [6, 6.07) is 3.57. The fourth-order valence-corrected chi connectivity index (χ4v) is 1.81. The molecular weight excluding hydrogens is 357 g/mol. The van der Waals surface area contributed by atoms with E-state index in [9.17, 15) is 22.8 Å². The van der Waals surface area contributed by atoms with Gasteiger partial charge in [0.15, 0.2) is 0 Å². The van der Waals surface area contributed by atoms with Gasteiger partial charge >= 0.3 is 12.3 Å². The number of carbonyl (C=O) groups is 2. The van der Waals surface area contributed by atoms with Crippen LogP contribution < -0.4 is 4.74 Å². The molecule has 0 atom stereocenters. The van der Waals surface area contributed by atoms with Gasteiger partial charge in [-0.25, -0.2) is 4.79 Å². The van der Waals surface area contributed by atoms with Gasteiger partial charge in [-0.2, -0.15) is 0 Å². The van der Waals surface area contributed by atoms with Crippen molar-refractivity contribution < 1.29 is 32.2 Å². The van der Waals surface area contributed by atoms with Gasteiger partial charge in [0.25, 0.3) is 0 Å². The average molecular weight is 369 g/mol. The Balaban J connectivity index is 3.26. The van der Waals surface area contributed by atoms with Crippen LogP contribution in [0.5, 0.6) is 5.75 Å². The Morgan fingerprint density at radius 1 is 1.29 bits per heavy atom. The number of halogens is 4. The zero-order valence-electron chi connectivity index (χ0n) is 11.0. The Morgan fingerprint density at radius 2 is 1.95 bits per heavy atom. The van der Waals surface area contributed by atoms with Crippen LogP contribution in [0.15, 0.2) is 18.2 Å². The van der Waals surface area contributed by atoms with Crippen molar-refractivity contribution in [2.45, 2.75) is 19.7 Å². The van der Waals surface area contributed by atoms with Crippen LogP contribution in [0.3, 0.4) is 0 Å². The van der Waals surface area contributed by atoms with E-state index < -0.39 is 23.9 Å². The summed E-state index contributed by atoms with van der Waals surface area (Å²) < 4.78 is 45.8. The van der Waals surface area contributed by atoms with Gasteiger partial charge in [0.2, 0.25) is 0 Å². The first-order valence-corrected chi connectivity index (χ1v) is 7.03. The zero-order valence-corrected chi connectivity index (χ0v) is 12.6. The SMILES string of the molecule is CCOC(=O)c1cccc(OC(F)(F)F)c1CC(=O)CBr. The summed E-state index contributed by atoms with van der Waals surface area (Å²) in [6.45, 7) is 1.63. The van der Waals surface area contributed by atoms with Crippen molar-refractivity contribution >= 4 is 27.7 Å². The van der Waals surface area contributed by atoms with Crippen molar-refractivity contribution in [3.8, 4) is 5.75 Å². The number of Topliss-reactive ketones (excluding diaryl/α,β-unsaturated/α-hetero) is 1. The molecule has 4 nitrogen and oxygen atoms in total. The van der Waals surface area contributed by atoms with Gasteiger partial charge in [0, 0.05) is 12.0 Å². The molecule has 0 aromatic heterocycles. The second-order valence-electron chi connectivity index (χ2n) is 3.90. The predicted octanol–water partition coefficient (Wildman–Crippen LogP) is 3.27. The first kappa shape index (κ1) is 17.5. The van der Waals surface area contributed by atoms with Crippen LogP contribution in [0.25, 0.3) is 0 Å². The number of benzene rings is 1. The molecule has 0 saturated carbocycles. The first-order chi connectivity index (χ1) is 9.78. The van der Waals surface area contributed by atoms with Crippen LogP contribution in [0, 0.1) is 0 Å². The maximum Gasteiger partial charge on any atom is 0.573 e. The number of hydrogen-bond acceptors (Lipinski definition) is 4. The second kappa shape index (κ2) is 7.44. The topological polar surface area (TPSA) is 52.6 Å². The van der Waals surface area contributed by atoms with Gasteiger partial charge in [-0.15, -0.1) is 13.2 Å². The van der Waals surface area contributed by atoms with Crippen LogP contribution in [0.1, 0.15) is 22.8 Å². The maximum atomic E-state index is 12.4. The smallest absolute Gasteiger partial charge is 0.462 e. The van der Waals surface area contributed by atoms with E-state index in [-0.39, 0.29) is 29.5 Å². The zero-order chi connectivity index (χ0) is 16.0. The lowest BCUT2D eigenvalue weighted by molar-refractivity contribution is -0.274. The molecule has 0 saturated heterocycles. The Hall–Kier alpha value is -1.57. The van der Waals surface area contributed by atoms with E-state index in [1.165, 1.54) is 12.1 Å². The second-order valence-corrected chi connectivity index (χ2v) is 4.46. The van der Waals surface area contributed by atoms with Gasteiger partial charge in [0.05, 0.1) is 17.5 Å². The summed E-state index contributed by atoms with van der Waals surface area (Å²) in [7, 11) is 0. The Labute approximate surface area is 127 Å². The number of ether oxygens (including phenoxy) is 2. The fraction of sp³-hybridized carbons (Fsp3) is 0.385. The summed E-state index contributed by atoms with van der Waals surface area (Å²) in [5, 5.41) is -0.0460. The lowest BCUT2D eigenvalue weighted by atomic mass is 10.0. The summed E-state index contributed by atoms with van der Waals surface area (Å²) in [6.07, 6.45) is -5.29. The molecule has 0 fully saturated rings. The Morgan fingerprint density at radius 3 is 2.48 bits per heavy atom. The minimum Gasteiger partial charge on any atom is -0.462 e. The van der Waals surface area contributed by atoms with Crippen molar-refractivity contribution in [1.82, 2.24) is 0 Å². The molecule has 0 aliphatic carbocycles. The van der Waals surface area contributed by atoms with E-state index >= 15 is 0 Å². The molecule has 21 heavy (non-hydrogen) atoms. The highest BCUT2D eigenvalue weighted by atomic mass is 79.9. The number of ketones is 1. The lowest BCUT2D eigenvalue weighted by Crippen LogP contribution is -2.20. The first-order valence-electron chi connectivity index (χ1n) is 5.91. The van der Waals surface area contributed by atoms with E-state index in [2.05, 4.69) is 20.7 Å². The molecule has 0 aliphatic heterocycles. The summed E-state index contributed by atoms with van der Waals surface area (Å²) in [5.74, 6) is -1.77. The minimum absolute atomic E-state index is 0.0460. The molecule has 0 N–H and O–H groups in total. The largest absolute Gasteiger partial charge is 0.573 e. The molecule has 1 aromatic carbocycles. The molecule has 0 radical (unpaired) electrons. The van der Waals surface area contributed by atoms with Gasteiger partial charge in [-0.1, -0.05) is 22.0 Å². The van der Waals surface area contributed by atoms with Crippen LogP contribution in [0.2, 0.25) is 0 Å². The van der Waals surface area contributed by atoms with Gasteiger partial charge in [-0.3, -0.25) is 4.79 Å². The number of esters is 1. The average Bonchev–Trinajstić information content (AvgIpc) is 2.39. The number of rotatable bonds is 6. The van der Waals surface area contributed by atoms with E-state index in [1.807, 2.05) is 0 Å².